The molecule has 1 heterocycles. The summed E-state index contributed by atoms with van der Waals surface area (Å²) in [6.07, 6.45) is 1.64. The Morgan fingerprint density at radius 2 is 2.04 bits per heavy atom. The average molecular weight is 499 g/mol. The first-order valence-electron chi connectivity index (χ1n) is 9.25. The summed E-state index contributed by atoms with van der Waals surface area (Å²) in [6, 6.07) is 11.1. The molecule has 0 bridgehead atoms. The van der Waals surface area contributed by atoms with Crippen molar-refractivity contribution in [1.29, 1.82) is 0 Å². The molecule has 0 radical (unpaired) electrons. The number of nitrogens with zero attached hydrogens (tertiary/aromatic N) is 1. The van der Waals surface area contributed by atoms with E-state index < -0.39 is 0 Å². The van der Waals surface area contributed by atoms with E-state index in [9.17, 15) is 4.39 Å². The Morgan fingerprint density at radius 3 is 2.75 bits per heavy atom. The van der Waals surface area contributed by atoms with Crippen LogP contribution in [0.4, 0.5) is 10.1 Å². The van der Waals surface area contributed by atoms with Crippen LogP contribution in [0.1, 0.15) is 42.9 Å². The minimum Gasteiger partial charge on any atom is -0.467 e. The van der Waals surface area contributed by atoms with Crippen LogP contribution in [-0.4, -0.2) is 19.3 Å². The lowest BCUT2D eigenvalue weighted by Crippen LogP contribution is -2.23. The molecule has 2 aromatic rings. The van der Waals surface area contributed by atoms with Gasteiger partial charge in [-0.25, -0.2) is 4.39 Å². The van der Waals surface area contributed by atoms with Crippen molar-refractivity contribution in [3.63, 3.8) is 0 Å². The average Bonchev–Trinajstić information content (AvgIpc) is 2.67. The molecule has 1 aliphatic heterocycles. The largest absolute Gasteiger partial charge is 0.467 e. The Labute approximate surface area is 182 Å². The van der Waals surface area contributed by atoms with Crippen LogP contribution in [0.3, 0.4) is 0 Å². The van der Waals surface area contributed by atoms with E-state index in [0.717, 1.165) is 23.2 Å². The van der Waals surface area contributed by atoms with Gasteiger partial charge in [0.1, 0.15) is 11.6 Å². The van der Waals surface area contributed by atoms with Gasteiger partial charge in [-0.1, -0.05) is 26.0 Å². The molecule has 0 aromatic heterocycles. The first-order valence-corrected chi connectivity index (χ1v) is 9.25. The summed E-state index contributed by atoms with van der Waals surface area (Å²) in [7, 11) is 0. The van der Waals surface area contributed by atoms with E-state index in [1.54, 1.807) is 0 Å². The van der Waals surface area contributed by atoms with E-state index >= 15 is 0 Å². The van der Waals surface area contributed by atoms with Gasteiger partial charge < -0.3 is 20.5 Å². The van der Waals surface area contributed by atoms with Crippen molar-refractivity contribution in [2.75, 3.05) is 18.7 Å². The molecule has 2 aromatic carbocycles. The molecule has 28 heavy (non-hydrogen) atoms. The van der Waals surface area contributed by atoms with Gasteiger partial charge in [0, 0.05) is 17.8 Å². The maximum absolute atomic E-state index is 13.8. The molecule has 0 spiro atoms. The van der Waals surface area contributed by atoms with Crippen LogP contribution in [0, 0.1) is 5.82 Å². The molecule has 5 nitrogen and oxygen atoms in total. The summed E-state index contributed by atoms with van der Waals surface area (Å²) in [4.78, 5) is 4.34. The highest BCUT2D eigenvalue weighted by molar-refractivity contribution is 14.0. The third-order valence-electron chi connectivity index (χ3n) is 4.78. The highest BCUT2D eigenvalue weighted by Crippen LogP contribution is 2.29. The Bertz CT molecular complexity index is 812. The second-order valence-corrected chi connectivity index (χ2v) is 6.74. The summed E-state index contributed by atoms with van der Waals surface area (Å²) in [5, 5.41) is 3.09. The Hall–Kier alpha value is -1.87. The SMILES string of the molecule is CCC(C)c1ccc(NC(N)=NCCc2cc(F)cc3c2OCOC3)cc1.I. The molecule has 1 atom stereocenters. The van der Waals surface area contributed by atoms with Crippen molar-refractivity contribution < 1.29 is 13.9 Å². The molecule has 0 saturated heterocycles. The molecule has 3 rings (SSSR count). The highest BCUT2D eigenvalue weighted by Gasteiger charge is 2.16. The number of hydrogen-bond acceptors (Lipinski definition) is 3. The van der Waals surface area contributed by atoms with E-state index in [2.05, 4.69) is 36.3 Å². The highest BCUT2D eigenvalue weighted by atomic mass is 127. The third-order valence-corrected chi connectivity index (χ3v) is 4.78. The molecule has 3 N–H and O–H groups in total. The van der Waals surface area contributed by atoms with Crippen molar-refractivity contribution in [1.82, 2.24) is 0 Å². The molecular formula is C21H27FIN3O2. The number of halogens is 2. The maximum atomic E-state index is 13.8. The molecule has 0 fully saturated rings. The molecule has 152 valence electrons. The van der Waals surface area contributed by atoms with Gasteiger partial charge in [-0.3, -0.25) is 4.99 Å². The topological polar surface area (TPSA) is 68.9 Å². The predicted molar refractivity (Wildman–Crippen MR) is 121 cm³/mol. The van der Waals surface area contributed by atoms with Crippen molar-refractivity contribution >= 4 is 35.6 Å². The molecule has 1 unspecified atom stereocenters. The van der Waals surface area contributed by atoms with Crippen molar-refractivity contribution in [2.45, 2.75) is 39.2 Å². The van der Waals surface area contributed by atoms with E-state index in [4.69, 9.17) is 15.2 Å². The number of hydrogen-bond donors (Lipinski definition) is 2. The quantitative estimate of drug-likeness (QED) is 0.341. The third kappa shape index (κ3) is 5.81. The number of aliphatic imine (C=N–C) groups is 1. The van der Waals surface area contributed by atoms with Crippen LogP contribution in [0.5, 0.6) is 5.75 Å². The van der Waals surface area contributed by atoms with Crippen molar-refractivity contribution in [3.05, 3.63) is 58.9 Å². The van der Waals surface area contributed by atoms with Crippen LogP contribution in [0.2, 0.25) is 0 Å². The predicted octanol–water partition coefficient (Wildman–Crippen LogP) is 4.79. The molecule has 1 aliphatic rings. The number of ether oxygens (including phenoxy) is 2. The number of benzene rings is 2. The molecule has 7 heteroatoms. The van der Waals surface area contributed by atoms with Crippen LogP contribution >= 0.6 is 24.0 Å². The lowest BCUT2D eigenvalue weighted by molar-refractivity contribution is -0.0172. The lowest BCUT2D eigenvalue weighted by Gasteiger charge is -2.20. The lowest BCUT2D eigenvalue weighted by atomic mass is 9.99. The van der Waals surface area contributed by atoms with E-state index in [-0.39, 0.29) is 36.6 Å². The normalized spacial score (nSPS) is 14.5. The van der Waals surface area contributed by atoms with Gasteiger partial charge in [0.25, 0.3) is 0 Å². The number of fused-ring (bicyclic) bond motifs is 1. The van der Waals surface area contributed by atoms with Gasteiger partial charge >= 0.3 is 0 Å². The fourth-order valence-electron chi connectivity index (χ4n) is 3.06. The first-order chi connectivity index (χ1) is 13.1. The zero-order valence-corrected chi connectivity index (χ0v) is 18.5. The maximum Gasteiger partial charge on any atom is 0.193 e. The fourth-order valence-corrected chi connectivity index (χ4v) is 3.06. The van der Waals surface area contributed by atoms with E-state index in [0.29, 0.717) is 37.2 Å². The number of anilines is 1. The fraction of sp³-hybridized carbons (Fsp3) is 0.381. The monoisotopic (exact) mass is 499 g/mol. The van der Waals surface area contributed by atoms with Gasteiger partial charge in [-0.15, -0.1) is 24.0 Å². The van der Waals surface area contributed by atoms with E-state index in [1.807, 2.05) is 12.1 Å². The minimum absolute atomic E-state index is 0. The minimum atomic E-state index is -0.297. The molecule has 0 saturated carbocycles. The molecular weight excluding hydrogens is 472 g/mol. The van der Waals surface area contributed by atoms with Crippen LogP contribution in [0.15, 0.2) is 41.4 Å². The van der Waals surface area contributed by atoms with Gasteiger partial charge in [0.15, 0.2) is 12.8 Å². The molecule has 0 aliphatic carbocycles. The number of nitrogens with two attached hydrogens (primary N) is 1. The second-order valence-electron chi connectivity index (χ2n) is 6.74. The summed E-state index contributed by atoms with van der Waals surface area (Å²) < 4.78 is 24.5. The van der Waals surface area contributed by atoms with Crippen molar-refractivity contribution in [2.24, 2.45) is 10.7 Å². The zero-order chi connectivity index (χ0) is 19.2. The number of rotatable bonds is 6. The van der Waals surface area contributed by atoms with Crippen LogP contribution in [-0.2, 0) is 17.8 Å². The summed E-state index contributed by atoms with van der Waals surface area (Å²) in [5.74, 6) is 1.27. The summed E-state index contributed by atoms with van der Waals surface area (Å²) in [5.41, 5.74) is 9.68. The summed E-state index contributed by atoms with van der Waals surface area (Å²) in [6.45, 7) is 5.36. The van der Waals surface area contributed by atoms with Crippen LogP contribution < -0.4 is 15.8 Å². The smallest absolute Gasteiger partial charge is 0.193 e. The zero-order valence-electron chi connectivity index (χ0n) is 16.2. The standard InChI is InChI=1S/C21H26FN3O2.HI/c1-3-14(2)15-4-6-19(7-5-15)25-21(23)24-9-8-16-10-18(22)11-17-12-26-13-27-20(16)17;/h4-7,10-11,14H,3,8-9,12-13H2,1-2H3,(H3,23,24,25);1H. The Balaban J connectivity index is 0.00000280. The Morgan fingerprint density at radius 1 is 1.29 bits per heavy atom. The number of nitrogens with one attached hydrogen (secondary N) is 1. The summed E-state index contributed by atoms with van der Waals surface area (Å²) >= 11 is 0. The van der Waals surface area contributed by atoms with Crippen LogP contribution in [0.25, 0.3) is 0 Å². The van der Waals surface area contributed by atoms with E-state index in [1.165, 1.54) is 17.7 Å². The Kier molecular flexibility index (Phi) is 8.50. The van der Waals surface area contributed by atoms with Gasteiger partial charge in [0.2, 0.25) is 0 Å². The molecule has 0 amide bonds. The second kappa shape index (κ2) is 10.6. The van der Waals surface area contributed by atoms with Gasteiger partial charge in [-0.05, 0) is 54.2 Å². The van der Waals surface area contributed by atoms with Crippen molar-refractivity contribution in [3.8, 4) is 5.75 Å². The van der Waals surface area contributed by atoms with Gasteiger partial charge in [-0.2, -0.15) is 0 Å². The number of guanidine groups is 1. The van der Waals surface area contributed by atoms with Gasteiger partial charge in [0.05, 0.1) is 6.61 Å². The first kappa shape index (κ1) is 22.4.